The minimum atomic E-state index is 0.742. The normalized spacial score (nSPS) is 27.8. The number of hydrogen-bond acceptors (Lipinski definition) is 3. The largest absolute Gasteiger partial charge is 0.369 e. The lowest BCUT2D eigenvalue weighted by molar-refractivity contribution is 0.165. The number of nitrogens with zero attached hydrogens (tertiary/aromatic N) is 2. The highest BCUT2D eigenvalue weighted by Gasteiger charge is 2.27. The maximum absolute atomic E-state index is 3.54. The van der Waals surface area contributed by atoms with Gasteiger partial charge >= 0.3 is 0 Å². The fourth-order valence-corrected chi connectivity index (χ4v) is 3.97. The van der Waals surface area contributed by atoms with Gasteiger partial charge in [-0.2, -0.15) is 0 Å². The standard InChI is InChI=1S/C18H29N3/c1-19-18-10-6-5-7-16(18)15-20-11-13-21(14-12-20)17-8-3-2-4-9-17/h2-4,8-9,16,18-19H,5-7,10-15H2,1H3. The molecule has 2 fully saturated rings. The Labute approximate surface area is 129 Å². The fraction of sp³-hybridized carbons (Fsp3) is 0.667. The topological polar surface area (TPSA) is 18.5 Å². The molecule has 0 radical (unpaired) electrons. The first-order valence-electron chi connectivity index (χ1n) is 8.56. The molecule has 3 nitrogen and oxygen atoms in total. The van der Waals surface area contributed by atoms with Crippen molar-refractivity contribution >= 4 is 5.69 Å². The first-order chi connectivity index (χ1) is 10.4. The number of benzene rings is 1. The summed E-state index contributed by atoms with van der Waals surface area (Å²) in [5.74, 6) is 0.854. The highest BCUT2D eigenvalue weighted by atomic mass is 15.3. The lowest BCUT2D eigenvalue weighted by Gasteiger charge is -2.40. The van der Waals surface area contributed by atoms with Gasteiger partial charge in [-0.15, -0.1) is 0 Å². The highest BCUT2D eigenvalue weighted by molar-refractivity contribution is 5.46. The molecule has 2 aliphatic rings. The number of piperazine rings is 1. The van der Waals surface area contributed by atoms with Crippen LogP contribution in [-0.2, 0) is 0 Å². The van der Waals surface area contributed by atoms with E-state index in [1.807, 2.05) is 0 Å². The van der Waals surface area contributed by atoms with Crippen LogP contribution in [0.4, 0.5) is 5.69 Å². The van der Waals surface area contributed by atoms with E-state index in [0.717, 1.165) is 12.0 Å². The van der Waals surface area contributed by atoms with Crippen molar-refractivity contribution in [3.63, 3.8) is 0 Å². The van der Waals surface area contributed by atoms with Crippen LogP contribution in [0, 0.1) is 5.92 Å². The van der Waals surface area contributed by atoms with E-state index >= 15 is 0 Å². The Morgan fingerprint density at radius 2 is 1.71 bits per heavy atom. The molecule has 116 valence electrons. The van der Waals surface area contributed by atoms with Crippen LogP contribution in [0.3, 0.4) is 0 Å². The molecule has 3 rings (SSSR count). The van der Waals surface area contributed by atoms with Crippen molar-refractivity contribution in [1.29, 1.82) is 0 Å². The monoisotopic (exact) mass is 287 g/mol. The Balaban J connectivity index is 1.49. The maximum atomic E-state index is 3.54. The van der Waals surface area contributed by atoms with E-state index in [1.165, 1.54) is 64.1 Å². The van der Waals surface area contributed by atoms with Crippen LogP contribution in [0.5, 0.6) is 0 Å². The zero-order valence-electron chi connectivity index (χ0n) is 13.3. The van der Waals surface area contributed by atoms with E-state index in [4.69, 9.17) is 0 Å². The van der Waals surface area contributed by atoms with Gasteiger partial charge in [0.05, 0.1) is 0 Å². The predicted molar refractivity (Wildman–Crippen MR) is 89.9 cm³/mol. The van der Waals surface area contributed by atoms with Gasteiger partial charge in [0.25, 0.3) is 0 Å². The lowest BCUT2D eigenvalue weighted by atomic mass is 9.84. The van der Waals surface area contributed by atoms with Crippen molar-refractivity contribution < 1.29 is 0 Å². The van der Waals surface area contributed by atoms with Gasteiger partial charge < -0.3 is 10.2 Å². The van der Waals surface area contributed by atoms with Gasteiger partial charge in [-0.25, -0.2) is 0 Å². The van der Waals surface area contributed by atoms with Crippen LogP contribution in [0.2, 0.25) is 0 Å². The van der Waals surface area contributed by atoms with Crippen LogP contribution in [-0.4, -0.2) is 50.7 Å². The number of anilines is 1. The van der Waals surface area contributed by atoms with E-state index in [2.05, 4.69) is 52.5 Å². The maximum Gasteiger partial charge on any atom is 0.0367 e. The minimum Gasteiger partial charge on any atom is -0.369 e. The van der Waals surface area contributed by atoms with Crippen LogP contribution in [0.25, 0.3) is 0 Å². The third-order valence-corrected chi connectivity index (χ3v) is 5.27. The van der Waals surface area contributed by atoms with Gasteiger partial charge in [-0.3, -0.25) is 4.90 Å². The zero-order valence-corrected chi connectivity index (χ0v) is 13.3. The first kappa shape index (κ1) is 14.9. The molecule has 1 heterocycles. The quantitative estimate of drug-likeness (QED) is 0.918. The van der Waals surface area contributed by atoms with Crippen molar-refractivity contribution in [2.45, 2.75) is 31.7 Å². The smallest absolute Gasteiger partial charge is 0.0367 e. The molecule has 2 unspecified atom stereocenters. The minimum absolute atomic E-state index is 0.742. The van der Waals surface area contributed by atoms with Gasteiger partial charge in [-0.05, 0) is 37.9 Å². The molecule has 0 amide bonds. The van der Waals surface area contributed by atoms with E-state index < -0.39 is 0 Å². The van der Waals surface area contributed by atoms with Gasteiger partial charge in [0.1, 0.15) is 0 Å². The Bertz CT molecular complexity index is 412. The Morgan fingerprint density at radius 1 is 1.00 bits per heavy atom. The van der Waals surface area contributed by atoms with Gasteiger partial charge in [0.15, 0.2) is 0 Å². The predicted octanol–water partition coefficient (Wildman–Crippen LogP) is 2.59. The Kier molecular flexibility index (Phi) is 5.15. The van der Waals surface area contributed by atoms with E-state index in [0.29, 0.717) is 0 Å². The highest BCUT2D eigenvalue weighted by Crippen LogP contribution is 2.26. The second-order valence-corrected chi connectivity index (χ2v) is 6.56. The summed E-state index contributed by atoms with van der Waals surface area (Å²) < 4.78 is 0. The second-order valence-electron chi connectivity index (χ2n) is 6.56. The molecule has 1 aliphatic carbocycles. The van der Waals surface area contributed by atoms with E-state index in [9.17, 15) is 0 Å². The molecule has 1 saturated carbocycles. The van der Waals surface area contributed by atoms with Gasteiger partial charge in [-0.1, -0.05) is 31.0 Å². The van der Waals surface area contributed by atoms with Crippen molar-refractivity contribution in [3.05, 3.63) is 30.3 Å². The van der Waals surface area contributed by atoms with Crippen LogP contribution < -0.4 is 10.2 Å². The van der Waals surface area contributed by atoms with Crippen molar-refractivity contribution in [2.75, 3.05) is 44.7 Å². The Hall–Kier alpha value is -1.06. The summed E-state index contributed by atoms with van der Waals surface area (Å²) in [4.78, 5) is 5.20. The summed E-state index contributed by atoms with van der Waals surface area (Å²) in [7, 11) is 2.14. The molecule has 0 bridgehead atoms. The molecule has 3 heteroatoms. The van der Waals surface area contributed by atoms with E-state index in [1.54, 1.807) is 0 Å². The molecule has 2 atom stereocenters. The molecule has 1 N–H and O–H groups in total. The van der Waals surface area contributed by atoms with Crippen molar-refractivity contribution in [1.82, 2.24) is 10.2 Å². The van der Waals surface area contributed by atoms with Crippen LogP contribution in [0.1, 0.15) is 25.7 Å². The van der Waals surface area contributed by atoms with Crippen LogP contribution >= 0.6 is 0 Å². The molecule has 1 aromatic carbocycles. The first-order valence-corrected chi connectivity index (χ1v) is 8.56. The molecule has 1 aromatic rings. The SMILES string of the molecule is CNC1CCCCC1CN1CCN(c2ccccc2)CC1. The van der Waals surface area contributed by atoms with Crippen molar-refractivity contribution in [2.24, 2.45) is 5.92 Å². The summed E-state index contributed by atoms with van der Waals surface area (Å²) >= 11 is 0. The molecular formula is C18H29N3. The number of nitrogens with one attached hydrogen (secondary N) is 1. The molecule has 21 heavy (non-hydrogen) atoms. The molecule has 0 spiro atoms. The number of rotatable bonds is 4. The van der Waals surface area contributed by atoms with Gasteiger partial charge in [0.2, 0.25) is 0 Å². The Morgan fingerprint density at radius 3 is 2.43 bits per heavy atom. The summed E-state index contributed by atoms with van der Waals surface area (Å²) in [6.45, 7) is 6.04. The average molecular weight is 287 g/mol. The van der Waals surface area contributed by atoms with Crippen molar-refractivity contribution in [3.8, 4) is 0 Å². The summed E-state index contributed by atoms with van der Waals surface area (Å²) in [5.41, 5.74) is 1.38. The third kappa shape index (κ3) is 3.78. The summed E-state index contributed by atoms with van der Waals surface area (Å²) in [6.07, 6.45) is 5.60. The van der Waals surface area contributed by atoms with E-state index in [-0.39, 0.29) is 0 Å². The summed E-state index contributed by atoms with van der Waals surface area (Å²) in [5, 5.41) is 3.54. The molecule has 1 aliphatic heterocycles. The summed E-state index contributed by atoms with van der Waals surface area (Å²) in [6, 6.07) is 11.6. The van der Waals surface area contributed by atoms with Crippen LogP contribution in [0.15, 0.2) is 30.3 Å². The zero-order chi connectivity index (χ0) is 14.5. The average Bonchev–Trinajstić information content (AvgIpc) is 2.57. The second kappa shape index (κ2) is 7.28. The molecule has 1 saturated heterocycles. The fourth-order valence-electron chi connectivity index (χ4n) is 3.97. The molecular weight excluding hydrogens is 258 g/mol. The lowest BCUT2D eigenvalue weighted by Crippen LogP contribution is -2.50. The van der Waals surface area contributed by atoms with Gasteiger partial charge in [0, 0.05) is 44.5 Å². The molecule has 0 aromatic heterocycles. The number of hydrogen-bond donors (Lipinski definition) is 1. The number of para-hydroxylation sites is 1. The third-order valence-electron chi connectivity index (χ3n) is 5.27.